The lowest BCUT2D eigenvalue weighted by molar-refractivity contribution is -0.0540. The van der Waals surface area contributed by atoms with Crippen LogP contribution < -0.4 is 11.5 Å². The molecule has 0 aliphatic carbocycles. The van der Waals surface area contributed by atoms with Gasteiger partial charge in [0.25, 0.3) is 0 Å². The maximum atomic E-state index is 5.52. The number of hydrogen-bond donors (Lipinski definition) is 2. The van der Waals surface area contributed by atoms with Gasteiger partial charge in [0.2, 0.25) is 0 Å². The lowest BCUT2D eigenvalue weighted by Crippen LogP contribution is -2.31. The SMILES string of the molecule is COCC(CN)OCC(C)OCCCN. The Kier molecular flexibility index (Phi) is 10.2. The molecule has 0 aromatic rings. The van der Waals surface area contributed by atoms with Gasteiger partial charge < -0.3 is 25.7 Å². The van der Waals surface area contributed by atoms with Crippen molar-refractivity contribution in [3.63, 3.8) is 0 Å². The van der Waals surface area contributed by atoms with Crippen molar-refractivity contribution in [2.24, 2.45) is 11.5 Å². The molecule has 15 heavy (non-hydrogen) atoms. The van der Waals surface area contributed by atoms with Crippen LogP contribution in [0.25, 0.3) is 0 Å². The Bertz CT molecular complexity index is 136. The van der Waals surface area contributed by atoms with Gasteiger partial charge in [-0.25, -0.2) is 0 Å². The summed E-state index contributed by atoms with van der Waals surface area (Å²) in [6, 6.07) is 0. The summed E-state index contributed by atoms with van der Waals surface area (Å²) in [6.45, 7) is 4.82. The molecule has 4 N–H and O–H groups in total. The molecule has 92 valence electrons. The minimum Gasteiger partial charge on any atom is -0.382 e. The fourth-order valence-electron chi connectivity index (χ4n) is 1.06. The molecule has 2 atom stereocenters. The van der Waals surface area contributed by atoms with Gasteiger partial charge >= 0.3 is 0 Å². The van der Waals surface area contributed by atoms with E-state index >= 15 is 0 Å². The van der Waals surface area contributed by atoms with Crippen LogP contribution in [0.15, 0.2) is 0 Å². The minimum absolute atomic E-state index is 0.0458. The van der Waals surface area contributed by atoms with Crippen molar-refractivity contribution in [1.82, 2.24) is 0 Å². The molecule has 2 unspecified atom stereocenters. The molecule has 0 heterocycles. The molecule has 0 fully saturated rings. The van der Waals surface area contributed by atoms with E-state index in [0.717, 1.165) is 6.42 Å². The first kappa shape index (κ1) is 14.8. The van der Waals surface area contributed by atoms with Crippen molar-refractivity contribution in [2.45, 2.75) is 25.6 Å². The molecule has 0 spiro atoms. The van der Waals surface area contributed by atoms with E-state index < -0.39 is 0 Å². The van der Waals surface area contributed by atoms with Gasteiger partial charge in [-0.2, -0.15) is 0 Å². The number of ether oxygens (including phenoxy) is 3. The normalized spacial score (nSPS) is 15.2. The zero-order valence-corrected chi connectivity index (χ0v) is 9.78. The van der Waals surface area contributed by atoms with Crippen LogP contribution in [0.1, 0.15) is 13.3 Å². The van der Waals surface area contributed by atoms with Crippen LogP contribution in [0.3, 0.4) is 0 Å². The second-order valence-corrected chi connectivity index (χ2v) is 3.47. The van der Waals surface area contributed by atoms with Crippen molar-refractivity contribution in [3.05, 3.63) is 0 Å². The van der Waals surface area contributed by atoms with Gasteiger partial charge in [0.15, 0.2) is 0 Å². The maximum absolute atomic E-state index is 5.52. The summed E-state index contributed by atoms with van der Waals surface area (Å²) in [4.78, 5) is 0. The first-order valence-electron chi connectivity index (χ1n) is 5.36. The zero-order chi connectivity index (χ0) is 11.5. The Hall–Kier alpha value is -0.200. The highest BCUT2D eigenvalue weighted by molar-refractivity contribution is 4.58. The molecule has 5 nitrogen and oxygen atoms in total. The summed E-state index contributed by atoms with van der Waals surface area (Å²) >= 11 is 0. The van der Waals surface area contributed by atoms with Gasteiger partial charge in [-0.1, -0.05) is 0 Å². The van der Waals surface area contributed by atoms with E-state index in [1.165, 1.54) is 0 Å². The lowest BCUT2D eigenvalue weighted by atomic mass is 10.3. The molecule has 0 saturated carbocycles. The van der Waals surface area contributed by atoms with Crippen molar-refractivity contribution in [1.29, 1.82) is 0 Å². The Morgan fingerprint density at radius 1 is 1.13 bits per heavy atom. The van der Waals surface area contributed by atoms with E-state index in [0.29, 0.717) is 32.9 Å². The second kappa shape index (κ2) is 10.3. The van der Waals surface area contributed by atoms with Crippen molar-refractivity contribution >= 4 is 0 Å². The number of methoxy groups -OCH3 is 1. The molecular weight excluding hydrogens is 196 g/mol. The van der Waals surface area contributed by atoms with Crippen LogP contribution >= 0.6 is 0 Å². The average molecular weight is 220 g/mol. The smallest absolute Gasteiger partial charge is 0.0931 e. The molecule has 0 saturated heterocycles. The highest BCUT2D eigenvalue weighted by Crippen LogP contribution is 1.97. The van der Waals surface area contributed by atoms with Crippen LogP contribution in [-0.2, 0) is 14.2 Å². The molecule has 0 radical (unpaired) electrons. The Balaban J connectivity index is 3.45. The molecule has 0 bridgehead atoms. The quantitative estimate of drug-likeness (QED) is 0.495. The highest BCUT2D eigenvalue weighted by atomic mass is 16.6. The molecule has 0 aromatic carbocycles. The Morgan fingerprint density at radius 2 is 1.87 bits per heavy atom. The van der Waals surface area contributed by atoms with Crippen LogP contribution in [0.2, 0.25) is 0 Å². The summed E-state index contributed by atoms with van der Waals surface area (Å²) in [5.41, 5.74) is 10.9. The largest absolute Gasteiger partial charge is 0.382 e. The fourth-order valence-corrected chi connectivity index (χ4v) is 1.06. The maximum Gasteiger partial charge on any atom is 0.0931 e. The highest BCUT2D eigenvalue weighted by Gasteiger charge is 2.09. The van der Waals surface area contributed by atoms with Gasteiger partial charge in [-0.3, -0.25) is 0 Å². The van der Waals surface area contributed by atoms with Crippen molar-refractivity contribution in [2.75, 3.05) is 40.0 Å². The lowest BCUT2D eigenvalue weighted by Gasteiger charge is -2.18. The molecule has 0 aliphatic rings. The third-order valence-corrected chi connectivity index (χ3v) is 1.93. The topological polar surface area (TPSA) is 79.7 Å². The Labute approximate surface area is 92.0 Å². The monoisotopic (exact) mass is 220 g/mol. The first-order valence-corrected chi connectivity index (χ1v) is 5.36. The third-order valence-electron chi connectivity index (χ3n) is 1.93. The minimum atomic E-state index is -0.0458. The van der Waals surface area contributed by atoms with E-state index in [-0.39, 0.29) is 12.2 Å². The number of rotatable bonds is 10. The third kappa shape index (κ3) is 8.77. The van der Waals surface area contributed by atoms with E-state index in [1.54, 1.807) is 7.11 Å². The van der Waals surface area contributed by atoms with Gasteiger partial charge in [0.1, 0.15) is 0 Å². The molecule has 0 amide bonds. The average Bonchev–Trinajstić information content (AvgIpc) is 2.24. The standard InChI is InChI=1S/C10H24N2O3/c1-9(14-5-3-4-11)7-15-10(6-12)8-13-2/h9-10H,3-8,11-12H2,1-2H3. The van der Waals surface area contributed by atoms with Gasteiger partial charge in [-0.15, -0.1) is 0 Å². The zero-order valence-electron chi connectivity index (χ0n) is 9.78. The van der Waals surface area contributed by atoms with E-state index in [4.69, 9.17) is 25.7 Å². The number of hydrogen-bond acceptors (Lipinski definition) is 5. The summed E-state index contributed by atoms with van der Waals surface area (Å²) in [5, 5.41) is 0. The van der Waals surface area contributed by atoms with Crippen LogP contribution in [-0.4, -0.2) is 52.2 Å². The molecule has 0 aromatic heterocycles. The summed E-state index contributed by atoms with van der Waals surface area (Å²) in [7, 11) is 1.63. The molecule has 0 aliphatic heterocycles. The van der Waals surface area contributed by atoms with Gasteiger partial charge in [0, 0.05) is 20.3 Å². The van der Waals surface area contributed by atoms with E-state index in [1.807, 2.05) is 6.92 Å². The van der Waals surface area contributed by atoms with Crippen LogP contribution in [0.4, 0.5) is 0 Å². The summed E-state index contributed by atoms with van der Waals surface area (Å²) < 4.78 is 16.0. The van der Waals surface area contributed by atoms with Crippen LogP contribution in [0, 0.1) is 0 Å². The summed E-state index contributed by atoms with van der Waals surface area (Å²) in [5.74, 6) is 0. The number of nitrogens with two attached hydrogens (primary N) is 2. The second-order valence-electron chi connectivity index (χ2n) is 3.47. The predicted octanol–water partition coefficient (Wildman–Crippen LogP) is -0.269. The summed E-state index contributed by atoms with van der Waals surface area (Å²) in [6.07, 6.45) is 0.904. The van der Waals surface area contributed by atoms with Crippen molar-refractivity contribution in [3.8, 4) is 0 Å². The fraction of sp³-hybridized carbons (Fsp3) is 1.00. The van der Waals surface area contributed by atoms with E-state index in [9.17, 15) is 0 Å². The van der Waals surface area contributed by atoms with Gasteiger partial charge in [0.05, 0.1) is 25.4 Å². The van der Waals surface area contributed by atoms with Crippen molar-refractivity contribution < 1.29 is 14.2 Å². The van der Waals surface area contributed by atoms with E-state index in [2.05, 4.69) is 0 Å². The van der Waals surface area contributed by atoms with Crippen LogP contribution in [0.5, 0.6) is 0 Å². The Morgan fingerprint density at radius 3 is 2.40 bits per heavy atom. The van der Waals surface area contributed by atoms with Gasteiger partial charge in [-0.05, 0) is 19.9 Å². The predicted molar refractivity (Wildman–Crippen MR) is 59.8 cm³/mol. The molecule has 5 heteroatoms. The first-order chi connectivity index (χ1) is 7.24. The molecular formula is C10H24N2O3. The molecule has 0 rings (SSSR count).